The number of para-hydroxylation sites is 1. The van der Waals surface area contributed by atoms with Gasteiger partial charge in [0.15, 0.2) is 0 Å². The van der Waals surface area contributed by atoms with Crippen molar-refractivity contribution < 1.29 is 0 Å². The maximum Gasteiger partial charge on any atom is 0.0575 e. The normalized spacial score (nSPS) is 10.4. The van der Waals surface area contributed by atoms with E-state index in [0.717, 1.165) is 25.3 Å². The molecule has 0 fully saturated rings. The zero-order valence-corrected chi connectivity index (χ0v) is 12.7. The molecule has 0 aliphatic carbocycles. The fourth-order valence-corrected chi connectivity index (χ4v) is 2.76. The second-order valence-corrected chi connectivity index (χ2v) is 5.56. The predicted octanol–water partition coefficient (Wildman–Crippen LogP) is 4.18. The molecule has 0 unspecified atom stereocenters. The molecule has 0 atom stereocenters. The number of thioether (sulfide) groups is 1. The molecule has 2 rings (SSSR count). The van der Waals surface area contributed by atoms with Gasteiger partial charge in [-0.1, -0.05) is 25.1 Å². The maximum absolute atomic E-state index is 4.35. The Bertz CT molecular complexity index is 548. The zero-order chi connectivity index (χ0) is 14.2. The number of aromatic nitrogens is 2. The van der Waals surface area contributed by atoms with Crippen LogP contribution in [0.1, 0.15) is 19.0 Å². The lowest BCUT2D eigenvalue weighted by Crippen LogP contribution is -2.09. The number of hydrogen-bond donors (Lipinski definition) is 1. The van der Waals surface area contributed by atoms with Crippen LogP contribution in [0.15, 0.2) is 54.1 Å². The average Bonchev–Trinajstić information content (AvgIpc) is 2.91. The summed E-state index contributed by atoms with van der Waals surface area (Å²) in [5, 5.41) is 7.86. The third kappa shape index (κ3) is 3.90. The number of benzene rings is 1. The molecular weight excluding hydrogens is 266 g/mol. The van der Waals surface area contributed by atoms with Crippen molar-refractivity contribution in [1.82, 2.24) is 9.78 Å². The van der Waals surface area contributed by atoms with Crippen molar-refractivity contribution >= 4 is 17.4 Å². The van der Waals surface area contributed by atoms with Gasteiger partial charge in [-0.15, -0.1) is 18.3 Å². The molecule has 0 spiro atoms. The fraction of sp³-hybridized carbons (Fsp3) is 0.312. The van der Waals surface area contributed by atoms with Crippen LogP contribution >= 0.6 is 11.8 Å². The molecule has 1 N–H and O–H groups in total. The second-order valence-electron chi connectivity index (χ2n) is 4.50. The van der Waals surface area contributed by atoms with Crippen LogP contribution in [-0.2, 0) is 13.1 Å². The Kier molecular flexibility index (Phi) is 5.74. The Hall–Kier alpha value is -1.68. The minimum absolute atomic E-state index is 0.797. The highest BCUT2D eigenvalue weighted by Crippen LogP contribution is 2.27. The second kappa shape index (κ2) is 7.80. The van der Waals surface area contributed by atoms with Gasteiger partial charge in [0, 0.05) is 29.1 Å². The third-order valence-electron chi connectivity index (χ3n) is 2.94. The zero-order valence-electron chi connectivity index (χ0n) is 11.9. The summed E-state index contributed by atoms with van der Waals surface area (Å²) < 4.78 is 2.06. The molecule has 0 radical (unpaired) electrons. The number of aryl methyl sites for hydroxylation is 1. The summed E-state index contributed by atoms with van der Waals surface area (Å²) in [4.78, 5) is 1.26. The van der Waals surface area contributed by atoms with E-state index in [0.29, 0.717) is 0 Å². The number of hydrogen-bond acceptors (Lipinski definition) is 3. The summed E-state index contributed by atoms with van der Waals surface area (Å²) in [6.45, 7) is 7.70. The van der Waals surface area contributed by atoms with Gasteiger partial charge in [-0.3, -0.25) is 4.68 Å². The molecule has 0 aliphatic rings. The van der Waals surface area contributed by atoms with Gasteiger partial charge in [0.2, 0.25) is 0 Å². The first kappa shape index (κ1) is 14.7. The van der Waals surface area contributed by atoms with Crippen molar-refractivity contribution in [3.05, 3.63) is 54.9 Å². The van der Waals surface area contributed by atoms with E-state index in [-0.39, 0.29) is 0 Å². The Morgan fingerprint density at radius 2 is 2.20 bits per heavy atom. The van der Waals surface area contributed by atoms with E-state index in [2.05, 4.69) is 58.9 Å². The first-order chi connectivity index (χ1) is 9.85. The minimum atomic E-state index is 0.797. The summed E-state index contributed by atoms with van der Waals surface area (Å²) in [5.74, 6) is 0.923. The molecule has 0 saturated heterocycles. The van der Waals surface area contributed by atoms with Crippen LogP contribution in [0.25, 0.3) is 0 Å². The van der Waals surface area contributed by atoms with Crippen molar-refractivity contribution in [2.45, 2.75) is 31.3 Å². The van der Waals surface area contributed by atoms with Crippen molar-refractivity contribution in [2.24, 2.45) is 0 Å². The highest BCUT2D eigenvalue weighted by molar-refractivity contribution is 7.99. The first-order valence-electron chi connectivity index (χ1n) is 6.92. The lowest BCUT2D eigenvalue weighted by Gasteiger charge is -2.12. The van der Waals surface area contributed by atoms with E-state index in [1.165, 1.54) is 16.3 Å². The fourth-order valence-electron chi connectivity index (χ4n) is 2.00. The Morgan fingerprint density at radius 1 is 1.35 bits per heavy atom. The first-order valence-corrected chi connectivity index (χ1v) is 7.91. The molecule has 0 aliphatic heterocycles. The van der Waals surface area contributed by atoms with E-state index < -0.39 is 0 Å². The van der Waals surface area contributed by atoms with Gasteiger partial charge < -0.3 is 5.32 Å². The Morgan fingerprint density at radius 3 is 3.00 bits per heavy atom. The van der Waals surface area contributed by atoms with Crippen molar-refractivity contribution in [1.29, 1.82) is 0 Å². The number of nitrogens with zero attached hydrogens (tertiary/aromatic N) is 2. The highest BCUT2D eigenvalue weighted by Gasteiger charge is 2.04. The SMILES string of the molecule is C=CCSc1ccccc1NCc1ccnn1CCC. The molecule has 106 valence electrons. The third-order valence-corrected chi connectivity index (χ3v) is 4.01. The van der Waals surface area contributed by atoms with Gasteiger partial charge in [-0.05, 0) is 24.6 Å². The number of nitrogens with one attached hydrogen (secondary N) is 1. The molecule has 0 saturated carbocycles. The van der Waals surface area contributed by atoms with Gasteiger partial charge in [-0.2, -0.15) is 5.10 Å². The maximum atomic E-state index is 4.35. The quantitative estimate of drug-likeness (QED) is 0.583. The predicted molar refractivity (Wildman–Crippen MR) is 87.2 cm³/mol. The molecule has 1 heterocycles. The van der Waals surface area contributed by atoms with Gasteiger partial charge >= 0.3 is 0 Å². The largest absolute Gasteiger partial charge is 0.378 e. The van der Waals surface area contributed by atoms with Gasteiger partial charge in [0.1, 0.15) is 0 Å². The summed E-state index contributed by atoms with van der Waals surface area (Å²) in [5.41, 5.74) is 2.39. The van der Waals surface area contributed by atoms with Gasteiger partial charge in [-0.25, -0.2) is 0 Å². The van der Waals surface area contributed by atoms with Crippen LogP contribution in [0.3, 0.4) is 0 Å². The van der Waals surface area contributed by atoms with Crippen LogP contribution in [0, 0.1) is 0 Å². The summed E-state index contributed by atoms with van der Waals surface area (Å²) >= 11 is 1.80. The molecule has 3 nitrogen and oxygen atoms in total. The minimum Gasteiger partial charge on any atom is -0.378 e. The standard InChI is InChI=1S/C16H21N3S/c1-3-11-19-14(9-10-18-19)13-17-15-7-5-6-8-16(15)20-12-4-2/h4-10,17H,2-3,11-13H2,1H3. The van der Waals surface area contributed by atoms with Crippen LogP contribution in [-0.4, -0.2) is 15.5 Å². The highest BCUT2D eigenvalue weighted by atomic mass is 32.2. The molecular formula is C16H21N3S. The van der Waals surface area contributed by atoms with Crippen LogP contribution in [0.5, 0.6) is 0 Å². The topological polar surface area (TPSA) is 29.9 Å². The lowest BCUT2D eigenvalue weighted by atomic mass is 10.3. The number of anilines is 1. The van der Waals surface area contributed by atoms with Crippen LogP contribution in [0.2, 0.25) is 0 Å². The molecule has 4 heteroatoms. The molecule has 20 heavy (non-hydrogen) atoms. The van der Waals surface area contributed by atoms with Crippen molar-refractivity contribution in [2.75, 3.05) is 11.1 Å². The lowest BCUT2D eigenvalue weighted by molar-refractivity contribution is 0.578. The molecule has 0 bridgehead atoms. The van der Waals surface area contributed by atoms with Crippen LogP contribution in [0.4, 0.5) is 5.69 Å². The smallest absolute Gasteiger partial charge is 0.0575 e. The average molecular weight is 287 g/mol. The summed E-state index contributed by atoms with van der Waals surface area (Å²) in [7, 11) is 0. The van der Waals surface area contributed by atoms with Gasteiger partial charge in [0.25, 0.3) is 0 Å². The summed E-state index contributed by atoms with van der Waals surface area (Å²) in [6.07, 6.45) is 4.89. The van der Waals surface area contributed by atoms with E-state index in [1.54, 1.807) is 11.8 Å². The van der Waals surface area contributed by atoms with E-state index in [1.807, 2.05) is 12.3 Å². The molecule has 0 amide bonds. The summed E-state index contributed by atoms with van der Waals surface area (Å²) in [6, 6.07) is 10.5. The Labute approximate surface area is 125 Å². The molecule has 1 aromatic heterocycles. The monoisotopic (exact) mass is 287 g/mol. The molecule has 2 aromatic rings. The van der Waals surface area contributed by atoms with Crippen molar-refractivity contribution in [3.8, 4) is 0 Å². The van der Waals surface area contributed by atoms with Gasteiger partial charge in [0.05, 0.1) is 12.2 Å². The van der Waals surface area contributed by atoms with E-state index in [9.17, 15) is 0 Å². The molecule has 1 aromatic carbocycles. The Balaban J connectivity index is 2.02. The number of rotatable bonds is 8. The van der Waals surface area contributed by atoms with E-state index >= 15 is 0 Å². The van der Waals surface area contributed by atoms with Crippen LogP contribution < -0.4 is 5.32 Å². The van der Waals surface area contributed by atoms with E-state index in [4.69, 9.17) is 0 Å². The van der Waals surface area contributed by atoms with Crippen molar-refractivity contribution in [3.63, 3.8) is 0 Å².